The van der Waals surface area contributed by atoms with Gasteiger partial charge >= 0.3 is 5.97 Å². The topological polar surface area (TPSA) is 65.1 Å². The number of nitrogens with zero attached hydrogens (tertiary/aromatic N) is 1. The minimum atomic E-state index is -0.505. The average molecular weight is 421 g/mol. The third kappa shape index (κ3) is 4.79. The van der Waals surface area contributed by atoms with Crippen LogP contribution in [-0.4, -0.2) is 44.1 Å². The van der Waals surface area contributed by atoms with E-state index < -0.39 is 5.97 Å². The van der Waals surface area contributed by atoms with Gasteiger partial charge in [-0.25, -0.2) is 4.79 Å². The van der Waals surface area contributed by atoms with E-state index in [1.165, 1.54) is 0 Å². The first-order valence-corrected chi connectivity index (χ1v) is 10.2. The fourth-order valence-electron chi connectivity index (χ4n) is 3.58. The van der Waals surface area contributed by atoms with Crippen molar-refractivity contribution in [1.29, 1.82) is 0 Å². The highest BCUT2D eigenvalue weighted by molar-refractivity contribution is 6.16. The van der Waals surface area contributed by atoms with E-state index in [1.807, 2.05) is 30.3 Å². The van der Waals surface area contributed by atoms with Crippen LogP contribution in [-0.2, 0) is 20.7 Å². The Hall–Kier alpha value is -3.54. The molecule has 1 heterocycles. The van der Waals surface area contributed by atoms with Crippen LogP contribution in [0, 0.1) is 0 Å². The van der Waals surface area contributed by atoms with E-state index in [2.05, 4.69) is 0 Å². The SMILES string of the molecule is CCOC(=O)C1=C(C)N(CCc2ccccc2)C(=O)/C1=C\c1ccc(OC)cc1OC. The van der Waals surface area contributed by atoms with Gasteiger partial charge < -0.3 is 19.1 Å². The minimum Gasteiger partial charge on any atom is -0.497 e. The van der Waals surface area contributed by atoms with Gasteiger partial charge in [0.25, 0.3) is 5.91 Å². The van der Waals surface area contributed by atoms with Crippen molar-refractivity contribution in [2.75, 3.05) is 27.4 Å². The van der Waals surface area contributed by atoms with Crippen molar-refractivity contribution in [3.63, 3.8) is 0 Å². The lowest BCUT2D eigenvalue weighted by atomic mass is 10.0. The number of hydrogen-bond donors (Lipinski definition) is 0. The van der Waals surface area contributed by atoms with Gasteiger partial charge in [0.2, 0.25) is 0 Å². The van der Waals surface area contributed by atoms with Gasteiger partial charge in [-0.1, -0.05) is 30.3 Å². The molecule has 2 aromatic carbocycles. The first-order chi connectivity index (χ1) is 15.0. The van der Waals surface area contributed by atoms with E-state index in [0.29, 0.717) is 41.3 Å². The fourth-order valence-corrected chi connectivity index (χ4v) is 3.58. The van der Waals surface area contributed by atoms with Crippen LogP contribution in [0.4, 0.5) is 0 Å². The molecule has 6 heteroatoms. The van der Waals surface area contributed by atoms with E-state index in [1.54, 1.807) is 57.2 Å². The summed E-state index contributed by atoms with van der Waals surface area (Å²) < 4.78 is 15.9. The Balaban J connectivity index is 1.99. The van der Waals surface area contributed by atoms with Crippen LogP contribution in [0.3, 0.4) is 0 Å². The standard InChI is InChI=1S/C25H27NO5/c1-5-31-25(28)23-17(2)26(14-13-18-9-7-6-8-10-18)24(27)21(23)15-19-11-12-20(29-3)16-22(19)30-4/h6-12,15-16H,5,13-14H2,1-4H3/b21-15-. The van der Waals surface area contributed by atoms with Gasteiger partial charge in [0, 0.05) is 23.9 Å². The molecule has 1 amide bonds. The van der Waals surface area contributed by atoms with Crippen molar-refractivity contribution in [3.8, 4) is 11.5 Å². The van der Waals surface area contributed by atoms with Crippen LogP contribution in [0.25, 0.3) is 6.08 Å². The second kappa shape index (κ2) is 9.98. The number of benzene rings is 2. The number of carbonyl (C=O) groups excluding carboxylic acids is 2. The molecule has 0 N–H and O–H groups in total. The van der Waals surface area contributed by atoms with Gasteiger partial charge in [-0.3, -0.25) is 4.79 Å². The predicted molar refractivity (Wildman–Crippen MR) is 119 cm³/mol. The maximum Gasteiger partial charge on any atom is 0.340 e. The van der Waals surface area contributed by atoms with Gasteiger partial charge in [0.1, 0.15) is 11.5 Å². The number of allylic oxidation sites excluding steroid dienone is 1. The van der Waals surface area contributed by atoms with Gasteiger partial charge in [-0.05, 0) is 44.0 Å². The summed E-state index contributed by atoms with van der Waals surface area (Å²) in [6.45, 7) is 4.22. The van der Waals surface area contributed by atoms with Crippen molar-refractivity contribution in [2.24, 2.45) is 0 Å². The molecule has 2 aromatic rings. The van der Waals surface area contributed by atoms with Gasteiger partial charge in [0.15, 0.2) is 0 Å². The molecule has 1 aliphatic heterocycles. The van der Waals surface area contributed by atoms with E-state index >= 15 is 0 Å². The molecular weight excluding hydrogens is 394 g/mol. The van der Waals surface area contributed by atoms with Crippen LogP contribution < -0.4 is 9.47 Å². The molecule has 0 spiro atoms. The maximum absolute atomic E-state index is 13.3. The lowest BCUT2D eigenvalue weighted by molar-refractivity contribution is -0.138. The zero-order chi connectivity index (χ0) is 22.4. The van der Waals surface area contributed by atoms with Crippen LogP contribution in [0.2, 0.25) is 0 Å². The Bertz CT molecular complexity index is 1020. The van der Waals surface area contributed by atoms with Gasteiger partial charge in [-0.15, -0.1) is 0 Å². The average Bonchev–Trinajstić information content (AvgIpc) is 3.02. The molecule has 0 saturated carbocycles. The van der Waals surface area contributed by atoms with Crippen molar-refractivity contribution < 1.29 is 23.8 Å². The molecule has 31 heavy (non-hydrogen) atoms. The molecule has 0 radical (unpaired) electrons. The molecule has 0 saturated heterocycles. The van der Waals surface area contributed by atoms with Crippen LogP contribution in [0.1, 0.15) is 25.0 Å². The molecule has 162 valence electrons. The molecule has 6 nitrogen and oxygen atoms in total. The third-order valence-electron chi connectivity index (χ3n) is 5.20. The molecule has 1 aliphatic rings. The Morgan fingerprint density at radius 1 is 1.06 bits per heavy atom. The third-order valence-corrected chi connectivity index (χ3v) is 5.20. The molecule has 3 rings (SSSR count). The highest BCUT2D eigenvalue weighted by atomic mass is 16.5. The Kier molecular flexibility index (Phi) is 7.13. The van der Waals surface area contributed by atoms with E-state index in [0.717, 1.165) is 5.56 Å². The fraction of sp³-hybridized carbons (Fsp3) is 0.280. The first-order valence-electron chi connectivity index (χ1n) is 10.2. The summed E-state index contributed by atoms with van der Waals surface area (Å²) in [5.74, 6) is 0.450. The number of esters is 1. The summed E-state index contributed by atoms with van der Waals surface area (Å²) in [7, 11) is 3.12. The first kappa shape index (κ1) is 22.2. The number of hydrogen-bond acceptors (Lipinski definition) is 5. The number of carbonyl (C=O) groups is 2. The molecule has 0 aromatic heterocycles. The van der Waals surface area contributed by atoms with Gasteiger partial charge in [-0.2, -0.15) is 0 Å². The second-order valence-electron chi connectivity index (χ2n) is 7.04. The van der Waals surface area contributed by atoms with E-state index in [9.17, 15) is 9.59 Å². The lowest BCUT2D eigenvalue weighted by Gasteiger charge is -2.17. The Labute approximate surface area is 182 Å². The van der Waals surface area contributed by atoms with Crippen LogP contribution >= 0.6 is 0 Å². The summed E-state index contributed by atoms with van der Waals surface area (Å²) in [5.41, 5.74) is 2.98. The molecule has 0 fully saturated rings. The maximum atomic E-state index is 13.3. The molecule has 0 atom stereocenters. The largest absolute Gasteiger partial charge is 0.497 e. The second-order valence-corrected chi connectivity index (χ2v) is 7.04. The summed E-state index contributed by atoms with van der Waals surface area (Å²) >= 11 is 0. The summed E-state index contributed by atoms with van der Waals surface area (Å²) in [4.78, 5) is 27.7. The molecular formula is C25H27NO5. The van der Waals surface area contributed by atoms with Crippen molar-refractivity contribution in [1.82, 2.24) is 4.90 Å². The van der Waals surface area contributed by atoms with Crippen molar-refractivity contribution in [3.05, 3.63) is 76.5 Å². The van der Waals surface area contributed by atoms with Crippen LogP contribution in [0.5, 0.6) is 11.5 Å². The lowest BCUT2D eigenvalue weighted by Crippen LogP contribution is -2.27. The number of amides is 1. The van der Waals surface area contributed by atoms with Crippen LogP contribution in [0.15, 0.2) is 65.4 Å². The van der Waals surface area contributed by atoms with Crippen molar-refractivity contribution in [2.45, 2.75) is 20.3 Å². The van der Waals surface area contributed by atoms with Gasteiger partial charge in [0.05, 0.1) is 32.0 Å². The number of methoxy groups -OCH3 is 2. The Morgan fingerprint density at radius 3 is 2.45 bits per heavy atom. The predicted octanol–water partition coefficient (Wildman–Crippen LogP) is 4.01. The smallest absolute Gasteiger partial charge is 0.340 e. The monoisotopic (exact) mass is 421 g/mol. The number of rotatable bonds is 8. The normalized spacial score (nSPS) is 14.9. The summed E-state index contributed by atoms with van der Waals surface area (Å²) in [5, 5.41) is 0. The highest BCUT2D eigenvalue weighted by Crippen LogP contribution is 2.34. The summed E-state index contributed by atoms with van der Waals surface area (Å²) in [6, 6.07) is 15.2. The van der Waals surface area contributed by atoms with E-state index in [-0.39, 0.29) is 18.1 Å². The van der Waals surface area contributed by atoms with E-state index in [4.69, 9.17) is 14.2 Å². The minimum absolute atomic E-state index is 0.227. The molecule has 0 unspecified atom stereocenters. The summed E-state index contributed by atoms with van der Waals surface area (Å²) in [6.07, 6.45) is 2.36. The number of ether oxygens (including phenoxy) is 3. The molecule has 0 aliphatic carbocycles. The Morgan fingerprint density at radius 2 is 1.81 bits per heavy atom. The van der Waals surface area contributed by atoms with Crippen molar-refractivity contribution >= 4 is 18.0 Å². The highest BCUT2D eigenvalue weighted by Gasteiger charge is 2.37. The quantitative estimate of drug-likeness (QED) is 0.476. The zero-order valence-electron chi connectivity index (χ0n) is 18.3. The molecule has 0 bridgehead atoms. The zero-order valence-corrected chi connectivity index (χ0v) is 18.3.